The monoisotopic (exact) mass is 366 g/mol. The highest BCUT2D eigenvalue weighted by molar-refractivity contribution is 6.31. The van der Waals surface area contributed by atoms with Gasteiger partial charge in [0.05, 0.1) is 0 Å². The Balaban J connectivity index is 1.69. The number of rotatable bonds is 4. The van der Waals surface area contributed by atoms with Gasteiger partial charge in [-0.05, 0) is 67.4 Å². The Hall–Kier alpha value is -2.98. The minimum atomic E-state index is -0.241. The molecule has 3 N–H and O–H groups in total. The number of hydrogen-bond donors (Lipinski definition) is 2. The van der Waals surface area contributed by atoms with Gasteiger partial charge in [-0.1, -0.05) is 23.7 Å². The lowest BCUT2D eigenvalue weighted by molar-refractivity contribution is -0.111. The first kappa shape index (κ1) is 17.8. The molecule has 0 aliphatic carbocycles. The second-order valence-electron chi connectivity index (χ2n) is 6.06. The second kappa shape index (κ2) is 7.50. The maximum absolute atomic E-state index is 12.1. The quantitative estimate of drug-likeness (QED) is 0.476. The van der Waals surface area contributed by atoms with Crippen LogP contribution in [0.25, 0.3) is 17.4 Å². The first-order valence-electron chi connectivity index (χ1n) is 8.14. The molecule has 0 bridgehead atoms. The topological polar surface area (TPSA) is 68.3 Å². The second-order valence-corrected chi connectivity index (χ2v) is 6.47. The number of halogens is 1. The number of nitrogen functional groups attached to an aromatic ring is 1. The van der Waals surface area contributed by atoms with Gasteiger partial charge in [0.1, 0.15) is 11.5 Å². The highest BCUT2D eigenvalue weighted by Gasteiger charge is 2.06. The molecule has 0 aliphatic heterocycles. The van der Waals surface area contributed by atoms with Crippen LogP contribution in [0.1, 0.15) is 16.9 Å². The number of benzene rings is 2. The zero-order valence-corrected chi connectivity index (χ0v) is 15.3. The summed E-state index contributed by atoms with van der Waals surface area (Å²) in [6, 6.07) is 14.7. The number of carbonyl (C=O) groups is 1. The van der Waals surface area contributed by atoms with Gasteiger partial charge >= 0.3 is 0 Å². The van der Waals surface area contributed by atoms with Crippen LogP contribution in [-0.2, 0) is 4.79 Å². The lowest BCUT2D eigenvalue weighted by atomic mass is 10.1. The third kappa shape index (κ3) is 4.16. The van der Waals surface area contributed by atoms with Gasteiger partial charge in [0.25, 0.3) is 0 Å². The molecule has 132 valence electrons. The number of furan rings is 1. The van der Waals surface area contributed by atoms with E-state index < -0.39 is 0 Å². The third-order valence-corrected chi connectivity index (χ3v) is 4.40. The van der Waals surface area contributed by atoms with Crippen molar-refractivity contribution in [3.63, 3.8) is 0 Å². The van der Waals surface area contributed by atoms with E-state index in [-0.39, 0.29) is 5.91 Å². The summed E-state index contributed by atoms with van der Waals surface area (Å²) in [4.78, 5) is 12.1. The van der Waals surface area contributed by atoms with Crippen LogP contribution in [0.2, 0.25) is 5.02 Å². The lowest BCUT2D eigenvalue weighted by Crippen LogP contribution is -2.09. The standard InChI is InChI=1S/C21H19ClN2O2/c1-13-3-4-15(12-18(13)22)20-9-6-17(26-20)7-10-21(25)24-19-8-5-16(23)11-14(19)2/h3-12H,23H2,1-2H3,(H,24,25)/b10-7+. The summed E-state index contributed by atoms with van der Waals surface area (Å²) in [7, 11) is 0. The van der Waals surface area contributed by atoms with Gasteiger partial charge in [0, 0.05) is 28.0 Å². The Bertz CT molecular complexity index is 989. The molecule has 0 aliphatic rings. The molecule has 1 heterocycles. The molecule has 0 saturated heterocycles. The van der Waals surface area contributed by atoms with E-state index >= 15 is 0 Å². The summed E-state index contributed by atoms with van der Waals surface area (Å²) in [6.45, 7) is 3.84. The fraction of sp³-hybridized carbons (Fsp3) is 0.0952. The molecule has 2 aromatic carbocycles. The highest BCUT2D eigenvalue weighted by Crippen LogP contribution is 2.27. The Morgan fingerprint density at radius 2 is 1.88 bits per heavy atom. The van der Waals surface area contributed by atoms with E-state index in [9.17, 15) is 4.79 Å². The van der Waals surface area contributed by atoms with E-state index in [2.05, 4.69) is 5.32 Å². The van der Waals surface area contributed by atoms with Crippen LogP contribution in [0.4, 0.5) is 11.4 Å². The van der Waals surface area contributed by atoms with Crippen LogP contribution >= 0.6 is 11.6 Å². The largest absolute Gasteiger partial charge is 0.457 e. The van der Waals surface area contributed by atoms with E-state index in [1.165, 1.54) is 6.08 Å². The van der Waals surface area contributed by atoms with Crippen molar-refractivity contribution in [2.75, 3.05) is 11.1 Å². The fourth-order valence-electron chi connectivity index (χ4n) is 2.50. The number of hydrogen-bond acceptors (Lipinski definition) is 3. The maximum Gasteiger partial charge on any atom is 0.248 e. The van der Waals surface area contributed by atoms with Crippen molar-refractivity contribution in [2.45, 2.75) is 13.8 Å². The predicted molar refractivity (Wildman–Crippen MR) is 107 cm³/mol. The Labute approximate surface area is 157 Å². The van der Waals surface area contributed by atoms with Crippen LogP contribution in [0, 0.1) is 13.8 Å². The van der Waals surface area contributed by atoms with Gasteiger partial charge < -0.3 is 15.5 Å². The average molecular weight is 367 g/mol. The smallest absolute Gasteiger partial charge is 0.248 e. The molecule has 0 unspecified atom stereocenters. The van der Waals surface area contributed by atoms with E-state index in [0.717, 1.165) is 22.4 Å². The summed E-state index contributed by atoms with van der Waals surface area (Å²) in [6.07, 6.45) is 3.06. The summed E-state index contributed by atoms with van der Waals surface area (Å²) < 4.78 is 5.76. The van der Waals surface area contributed by atoms with Gasteiger partial charge in [-0.25, -0.2) is 0 Å². The van der Waals surface area contributed by atoms with Crippen molar-refractivity contribution >= 4 is 35.0 Å². The van der Waals surface area contributed by atoms with Crippen LogP contribution in [0.15, 0.2) is 59.0 Å². The summed E-state index contributed by atoms with van der Waals surface area (Å²) in [5.41, 5.74) is 9.91. The average Bonchev–Trinajstić information content (AvgIpc) is 3.07. The highest BCUT2D eigenvalue weighted by atomic mass is 35.5. The normalized spacial score (nSPS) is 11.0. The molecule has 0 atom stereocenters. The van der Waals surface area contributed by atoms with Gasteiger partial charge in [-0.2, -0.15) is 0 Å². The lowest BCUT2D eigenvalue weighted by Gasteiger charge is -2.06. The minimum Gasteiger partial charge on any atom is -0.457 e. The fourth-order valence-corrected chi connectivity index (χ4v) is 2.68. The Kier molecular flexibility index (Phi) is 5.14. The summed E-state index contributed by atoms with van der Waals surface area (Å²) in [5.74, 6) is 1.04. The Morgan fingerprint density at radius 3 is 2.62 bits per heavy atom. The van der Waals surface area contributed by atoms with Gasteiger partial charge in [-0.15, -0.1) is 0 Å². The zero-order chi connectivity index (χ0) is 18.7. The molecule has 5 heteroatoms. The van der Waals surface area contributed by atoms with Crippen molar-refractivity contribution in [2.24, 2.45) is 0 Å². The van der Waals surface area contributed by atoms with Crippen LogP contribution in [0.5, 0.6) is 0 Å². The van der Waals surface area contributed by atoms with E-state index in [1.807, 2.05) is 44.2 Å². The molecule has 1 amide bonds. The molecule has 0 fully saturated rings. The molecule has 0 saturated carbocycles. The molecule has 3 aromatic rings. The van der Waals surface area contributed by atoms with Crippen molar-refractivity contribution in [3.8, 4) is 11.3 Å². The van der Waals surface area contributed by atoms with Gasteiger partial charge in [-0.3, -0.25) is 4.79 Å². The first-order valence-corrected chi connectivity index (χ1v) is 8.52. The maximum atomic E-state index is 12.1. The van der Waals surface area contributed by atoms with Crippen molar-refractivity contribution < 1.29 is 9.21 Å². The molecule has 0 radical (unpaired) electrons. The van der Waals surface area contributed by atoms with Gasteiger partial charge in [0.2, 0.25) is 5.91 Å². The molecule has 3 rings (SSSR count). The Morgan fingerprint density at radius 1 is 1.08 bits per heavy atom. The first-order chi connectivity index (χ1) is 12.4. The summed E-state index contributed by atoms with van der Waals surface area (Å²) in [5, 5.41) is 3.51. The molecule has 0 spiro atoms. The number of aryl methyl sites for hydroxylation is 2. The zero-order valence-electron chi connectivity index (χ0n) is 14.5. The number of nitrogens with two attached hydrogens (primary N) is 1. The SMILES string of the molecule is Cc1ccc(-c2ccc(/C=C/C(=O)Nc3ccc(N)cc3C)o2)cc1Cl. The third-order valence-electron chi connectivity index (χ3n) is 3.99. The van der Waals surface area contributed by atoms with Crippen LogP contribution in [0.3, 0.4) is 0 Å². The number of anilines is 2. The number of carbonyl (C=O) groups excluding carboxylic acids is 1. The predicted octanol–water partition coefficient (Wildman–Crippen LogP) is 5.45. The molecule has 1 aromatic heterocycles. The molecule has 4 nitrogen and oxygen atoms in total. The minimum absolute atomic E-state index is 0.241. The van der Waals surface area contributed by atoms with E-state index in [1.54, 1.807) is 24.3 Å². The van der Waals surface area contributed by atoms with Crippen molar-refractivity contribution in [1.82, 2.24) is 0 Å². The van der Waals surface area contributed by atoms with Crippen LogP contribution in [-0.4, -0.2) is 5.91 Å². The van der Waals surface area contributed by atoms with E-state index in [0.29, 0.717) is 22.2 Å². The van der Waals surface area contributed by atoms with E-state index in [4.69, 9.17) is 21.8 Å². The number of nitrogens with one attached hydrogen (secondary N) is 1. The summed E-state index contributed by atoms with van der Waals surface area (Å²) >= 11 is 6.16. The van der Waals surface area contributed by atoms with Crippen molar-refractivity contribution in [1.29, 1.82) is 0 Å². The number of amides is 1. The molecular weight excluding hydrogens is 348 g/mol. The molecular formula is C21H19ClN2O2. The van der Waals surface area contributed by atoms with Crippen LogP contribution < -0.4 is 11.1 Å². The van der Waals surface area contributed by atoms with Crippen molar-refractivity contribution in [3.05, 3.63) is 76.5 Å². The van der Waals surface area contributed by atoms with Gasteiger partial charge in [0.15, 0.2) is 0 Å². The molecule has 26 heavy (non-hydrogen) atoms.